The molecule has 0 aliphatic carbocycles. The fraction of sp³-hybridized carbons (Fsp3) is 0.375. The van der Waals surface area contributed by atoms with Crippen LogP contribution in [0.5, 0.6) is 0 Å². The Balaban J connectivity index is 2.20. The number of esters is 1. The van der Waals surface area contributed by atoms with Gasteiger partial charge in [-0.25, -0.2) is 4.79 Å². The fourth-order valence-electron chi connectivity index (χ4n) is 1.80. The van der Waals surface area contributed by atoms with Gasteiger partial charge in [0, 0.05) is 20.8 Å². The summed E-state index contributed by atoms with van der Waals surface area (Å²) in [6.07, 6.45) is 0. The van der Waals surface area contributed by atoms with Crippen LogP contribution in [-0.2, 0) is 9.53 Å². The summed E-state index contributed by atoms with van der Waals surface area (Å²) in [7, 11) is 0. The first-order chi connectivity index (χ1) is 9.70. The zero-order valence-corrected chi connectivity index (χ0v) is 14.0. The predicted octanol–water partition coefficient (Wildman–Crippen LogP) is 4.28. The highest BCUT2D eigenvalue weighted by Crippen LogP contribution is 2.28. The molecule has 4 nitrogen and oxygen atoms in total. The van der Waals surface area contributed by atoms with Crippen LogP contribution >= 0.6 is 15.9 Å². The summed E-state index contributed by atoms with van der Waals surface area (Å²) in [6.45, 7) is 6.90. The summed E-state index contributed by atoms with van der Waals surface area (Å²) in [5.41, 5.74) is 0.790. The van der Waals surface area contributed by atoms with Crippen LogP contribution in [0.3, 0.4) is 0 Å². The highest BCUT2D eigenvalue weighted by atomic mass is 79.9. The number of benzene rings is 1. The van der Waals surface area contributed by atoms with Crippen molar-refractivity contribution in [1.29, 1.82) is 0 Å². The van der Waals surface area contributed by atoms with Gasteiger partial charge in [0.25, 0.3) is 0 Å². The second-order valence-corrected chi connectivity index (χ2v) is 6.86. The Labute approximate surface area is 131 Å². The van der Waals surface area contributed by atoms with Gasteiger partial charge in [0.15, 0.2) is 12.4 Å². The molecule has 112 valence electrons. The van der Waals surface area contributed by atoms with Gasteiger partial charge in [-0.05, 0) is 25.1 Å². The van der Waals surface area contributed by atoms with Gasteiger partial charge in [-0.2, -0.15) is 0 Å². The number of hydrogen-bond donors (Lipinski definition) is 0. The van der Waals surface area contributed by atoms with E-state index in [0.717, 1.165) is 9.86 Å². The molecule has 5 heteroatoms. The molecular weight excluding hydrogens is 336 g/mol. The topological polar surface area (TPSA) is 56.5 Å². The molecule has 0 atom stereocenters. The normalized spacial score (nSPS) is 11.7. The van der Waals surface area contributed by atoms with Gasteiger partial charge < -0.3 is 9.15 Å². The lowest BCUT2D eigenvalue weighted by molar-refractivity contribution is -0.129. The average Bonchev–Trinajstić information content (AvgIpc) is 2.72. The number of hydrogen-bond acceptors (Lipinski definition) is 4. The molecule has 0 bridgehead atoms. The molecule has 0 radical (unpaired) electrons. The van der Waals surface area contributed by atoms with Gasteiger partial charge in [0.05, 0.1) is 0 Å². The van der Waals surface area contributed by atoms with Crippen LogP contribution in [0.1, 0.15) is 36.9 Å². The molecular formula is C16H17BrO4. The van der Waals surface area contributed by atoms with E-state index in [1.165, 1.54) is 0 Å². The maximum atomic E-state index is 12.1. The Morgan fingerprint density at radius 1 is 1.29 bits per heavy atom. The molecule has 0 fully saturated rings. The molecule has 21 heavy (non-hydrogen) atoms. The minimum absolute atomic E-state index is 0.132. The number of carbonyl (C=O) groups excluding carboxylic acids is 2. The summed E-state index contributed by atoms with van der Waals surface area (Å²) in [6, 6.07) is 5.50. The zero-order chi connectivity index (χ0) is 15.8. The molecule has 1 aromatic carbocycles. The number of aryl methyl sites for hydroxylation is 1. The molecule has 0 saturated carbocycles. The second kappa shape index (κ2) is 5.64. The average molecular weight is 353 g/mol. The van der Waals surface area contributed by atoms with E-state index in [1.54, 1.807) is 33.8 Å². The highest BCUT2D eigenvalue weighted by molar-refractivity contribution is 9.10. The highest BCUT2D eigenvalue weighted by Gasteiger charge is 2.25. The van der Waals surface area contributed by atoms with Crippen molar-refractivity contribution in [3.8, 4) is 0 Å². The third-order valence-electron chi connectivity index (χ3n) is 3.25. The summed E-state index contributed by atoms with van der Waals surface area (Å²) in [5.74, 6) is -0.602. The van der Waals surface area contributed by atoms with Crippen molar-refractivity contribution in [2.24, 2.45) is 5.41 Å². The number of Topliss-reactive ketones (excluding diaryl/α,β-unsaturated/α-hetero) is 1. The van der Waals surface area contributed by atoms with Crippen molar-refractivity contribution in [3.05, 3.63) is 34.0 Å². The van der Waals surface area contributed by atoms with Gasteiger partial charge in [-0.3, -0.25) is 4.79 Å². The van der Waals surface area contributed by atoms with Crippen molar-refractivity contribution in [3.63, 3.8) is 0 Å². The Bertz CT molecular complexity index is 707. The molecule has 0 aliphatic heterocycles. The van der Waals surface area contributed by atoms with Crippen molar-refractivity contribution in [2.45, 2.75) is 27.7 Å². The van der Waals surface area contributed by atoms with Gasteiger partial charge in [0.1, 0.15) is 5.58 Å². The number of ketones is 1. The van der Waals surface area contributed by atoms with E-state index in [0.29, 0.717) is 11.1 Å². The molecule has 0 spiro atoms. The number of carbonyl (C=O) groups is 2. The third-order valence-corrected chi connectivity index (χ3v) is 3.75. The summed E-state index contributed by atoms with van der Waals surface area (Å²) in [4.78, 5) is 23.9. The molecule has 0 amide bonds. The fourth-order valence-corrected chi connectivity index (χ4v) is 2.16. The van der Waals surface area contributed by atoms with E-state index in [-0.39, 0.29) is 18.2 Å². The largest absolute Gasteiger partial charge is 0.452 e. The lowest BCUT2D eigenvalue weighted by Crippen LogP contribution is -2.26. The molecule has 0 saturated heterocycles. The van der Waals surface area contributed by atoms with Gasteiger partial charge in [-0.1, -0.05) is 36.7 Å². The SMILES string of the molecule is Cc1c(C(=O)OCC(=O)C(C)(C)C)oc2ccc(Br)cc12. The Kier molecular flexibility index (Phi) is 4.23. The van der Waals surface area contributed by atoms with Crippen LogP contribution in [0.25, 0.3) is 11.0 Å². The second-order valence-electron chi connectivity index (χ2n) is 5.95. The molecule has 1 aromatic heterocycles. The molecule has 0 N–H and O–H groups in total. The molecule has 0 aliphatic rings. The van der Waals surface area contributed by atoms with E-state index >= 15 is 0 Å². The molecule has 0 unspecified atom stereocenters. The maximum Gasteiger partial charge on any atom is 0.374 e. The van der Waals surface area contributed by atoms with Crippen molar-refractivity contribution in [1.82, 2.24) is 0 Å². The summed E-state index contributed by atoms with van der Waals surface area (Å²) < 4.78 is 11.5. The maximum absolute atomic E-state index is 12.1. The number of ether oxygens (including phenoxy) is 1. The van der Waals surface area contributed by atoms with Gasteiger partial charge >= 0.3 is 5.97 Å². The Hall–Kier alpha value is -1.62. The van der Waals surface area contributed by atoms with Crippen molar-refractivity contribution in [2.75, 3.05) is 6.61 Å². The summed E-state index contributed by atoms with van der Waals surface area (Å²) >= 11 is 3.38. The predicted molar refractivity (Wildman–Crippen MR) is 83.4 cm³/mol. The van der Waals surface area contributed by atoms with Crippen molar-refractivity contribution >= 4 is 38.7 Å². The standard InChI is InChI=1S/C16H17BrO4/c1-9-11-7-10(17)5-6-12(11)21-14(9)15(19)20-8-13(18)16(2,3)4/h5-7H,8H2,1-4H3. The van der Waals surface area contributed by atoms with Gasteiger partial charge in [-0.15, -0.1) is 0 Å². The monoisotopic (exact) mass is 352 g/mol. The molecule has 1 heterocycles. The van der Waals surface area contributed by atoms with Crippen LogP contribution in [-0.4, -0.2) is 18.4 Å². The van der Waals surface area contributed by atoms with E-state index in [4.69, 9.17) is 9.15 Å². The first-order valence-electron chi connectivity index (χ1n) is 6.59. The first-order valence-corrected chi connectivity index (χ1v) is 7.38. The third kappa shape index (κ3) is 3.35. The number of furan rings is 1. The van der Waals surface area contributed by atoms with Crippen LogP contribution in [0, 0.1) is 12.3 Å². The minimum atomic E-state index is -0.613. The minimum Gasteiger partial charge on any atom is -0.452 e. The van der Waals surface area contributed by atoms with Gasteiger partial charge in [0.2, 0.25) is 5.76 Å². The van der Waals surface area contributed by atoms with Crippen LogP contribution < -0.4 is 0 Å². The van der Waals surface area contributed by atoms with Crippen LogP contribution in [0.15, 0.2) is 27.1 Å². The number of rotatable bonds is 3. The summed E-state index contributed by atoms with van der Waals surface area (Å²) in [5, 5.41) is 0.846. The molecule has 2 aromatic rings. The van der Waals surface area contributed by atoms with E-state index in [9.17, 15) is 9.59 Å². The Morgan fingerprint density at radius 2 is 1.95 bits per heavy atom. The lowest BCUT2D eigenvalue weighted by Gasteiger charge is -2.15. The zero-order valence-electron chi connectivity index (χ0n) is 12.5. The quantitative estimate of drug-likeness (QED) is 0.773. The van der Waals surface area contributed by atoms with E-state index in [1.807, 2.05) is 12.1 Å². The first kappa shape index (κ1) is 15.8. The number of fused-ring (bicyclic) bond motifs is 1. The molecule has 2 rings (SSSR count). The number of halogens is 1. The van der Waals surface area contributed by atoms with Crippen LogP contribution in [0.4, 0.5) is 0 Å². The van der Waals surface area contributed by atoms with E-state index in [2.05, 4.69) is 15.9 Å². The van der Waals surface area contributed by atoms with Crippen molar-refractivity contribution < 1.29 is 18.7 Å². The smallest absolute Gasteiger partial charge is 0.374 e. The Morgan fingerprint density at radius 3 is 2.57 bits per heavy atom. The lowest BCUT2D eigenvalue weighted by atomic mass is 9.91. The van der Waals surface area contributed by atoms with Crippen LogP contribution in [0.2, 0.25) is 0 Å². The van der Waals surface area contributed by atoms with E-state index < -0.39 is 11.4 Å².